The van der Waals surface area contributed by atoms with E-state index >= 15 is 0 Å². The summed E-state index contributed by atoms with van der Waals surface area (Å²) >= 11 is 0. The van der Waals surface area contributed by atoms with Crippen molar-refractivity contribution < 1.29 is 18.9 Å². The van der Waals surface area contributed by atoms with Crippen LogP contribution in [0.2, 0.25) is 0 Å². The molecule has 1 amide bonds. The van der Waals surface area contributed by atoms with E-state index in [0.717, 1.165) is 5.56 Å². The Bertz CT molecular complexity index is 625. The molecule has 0 saturated carbocycles. The fraction of sp³-hybridized carbons (Fsp3) is 0.182. The van der Waals surface area contributed by atoms with Gasteiger partial charge in [0.05, 0.1) is 0 Å². The molecule has 98 valence electrons. The van der Waals surface area contributed by atoms with Crippen molar-refractivity contribution in [3.8, 4) is 11.5 Å². The number of carbonyl (C=O) groups excluding carboxylic acids is 1. The second kappa shape index (κ2) is 4.48. The predicted molar refractivity (Wildman–Crippen MR) is 62.4 cm³/mol. The van der Waals surface area contributed by atoms with Crippen LogP contribution < -0.4 is 20.5 Å². The van der Waals surface area contributed by atoms with Gasteiger partial charge in [-0.3, -0.25) is 4.79 Å². The molecule has 1 aromatic heterocycles. The molecule has 3 rings (SSSR count). The van der Waals surface area contributed by atoms with E-state index in [-0.39, 0.29) is 18.3 Å². The number of hydrogen-bond acceptors (Lipinski definition) is 7. The van der Waals surface area contributed by atoms with E-state index in [1.807, 2.05) is 6.07 Å². The summed E-state index contributed by atoms with van der Waals surface area (Å²) in [6, 6.07) is 5.42. The number of nitrogens with zero attached hydrogens (tertiary/aromatic N) is 2. The lowest BCUT2D eigenvalue weighted by Gasteiger charge is -2.04. The van der Waals surface area contributed by atoms with Crippen LogP contribution in [-0.4, -0.2) is 23.0 Å². The van der Waals surface area contributed by atoms with E-state index in [0.29, 0.717) is 18.0 Å². The number of rotatable bonds is 3. The molecule has 19 heavy (non-hydrogen) atoms. The number of anilines is 1. The zero-order valence-electron chi connectivity index (χ0n) is 9.75. The Morgan fingerprint density at radius 2 is 2.16 bits per heavy atom. The Kier molecular flexibility index (Phi) is 2.67. The van der Waals surface area contributed by atoms with Crippen molar-refractivity contribution in [1.29, 1.82) is 0 Å². The molecule has 2 aromatic rings. The number of nitrogens with one attached hydrogen (secondary N) is 1. The highest BCUT2D eigenvalue weighted by atomic mass is 16.7. The van der Waals surface area contributed by atoms with Crippen LogP contribution in [-0.2, 0) is 6.54 Å². The maximum absolute atomic E-state index is 11.7. The maximum atomic E-state index is 11.7. The van der Waals surface area contributed by atoms with Crippen LogP contribution in [0.15, 0.2) is 22.8 Å². The van der Waals surface area contributed by atoms with Gasteiger partial charge in [0, 0.05) is 6.54 Å². The van der Waals surface area contributed by atoms with Gasteiger partial charge < -0.3 is 20.5 Å². The Hall–Kier alpha value is -2.77. The minimum Gasteiger partial charge on any atom is -0.454 e. The lowest BCUT2D eigenvalue weighted by molar-refractivity contribution is 0.0941. The maximum Gasteiger partial charge on any atom is 0.277 e. The summed E-state index contributed by atoms with van der Waals surface area (Å²) in [5.74, 6) is 0.869. The van der Waals surface area contributed by atoms with E-state index in [2.05, 4.69) is 20.3 Å². The fourth-order valence-corrected chi connectivity index (χ4v) is 1.67. The normalized spacial score (nSPS) is 12.4. The zero-order chi connectivity index (χ0) is 13.2. The van der Waals surface area contributed by atoms with Crippen LogP contribution in [0.4, 0.5) is 5.82 Å². The topological polar surface area (TPSA) is 112 Å². The first kappa shape index (κ1) is 11.3. The molecular formula is C11H10N4O4. The average Bonchev–Trinajstić information content (AvgIpc) is 3.03. The van der Waals surface area contributed by atoms with Crippen LogP contribution in [0.5, 0.6) is 11.5 Å². The number of amides is 1. The highest BCUT2D eigenvalue weighted by Crippen LogP contribution is 2.32. The molecule has 1 aliphatic heterocycles. The van der Waals surface area contributed by atoms with Crippen molar-refractivity contribution in [3.05, 3.63) is 29.5 Å². The minimum atomic E-state index is -0.448. The lowest BCUT2D eigenvalue weighted by atomic mass is 10.2. The summed E-state index contributed by atoms with van der Waals surface area (Å²) in [5.41, 5.74) is 6.26. The van der Waals surface area contributed by atoms with Crippen LogP contribution in [0.1, 0.15) is 16.1 Å². The third-order valence-electron chi connectivity index (χ3n) is 2.62. The number of benzene rings is 1. The first-order chi connectivity index (χ1) is 9.24. The molecule has 8 nitrogen and oxygen atoms in total. The highest BCUT2D eigenvalue weighted by molar-refractivity contribution is 5.95. The summed E-state index contributed by atoms with van der Waals surface area (Å²) in [4.78, 5) is 11.7. The Morgan fingerprint density at radius 3 is 2.95 bits per heavy atom. The Morgan fingerprint density at radius 1 is 1.32 bits per heavy atom. The van der Waals surface area contributed by atoms with Crippen molar-refractivity contribution in [2.75, 3.05) is 12.5 Å². The van der Waals surface area contributed by atoms with E-state index in [1.54, 1.807) is 12.1 Å². The highest BCUT2D eigenvalue weighted by Gasteiger charge is 2.17. The van der Waals surface area contributed by atoms with Gasteiger partial charge >= 0.3 is 0 Å². The van der Waals surface area contributed by atoms with E-state index in [9.17, 15) is 4.79 Å². The molecule has 0 bridgehead atoms. The van der Waals surface area contributed by atoms with Crippen LogP contribution in [0.25, 0.3) is 0 Å². The molecule has 0 atom stereocenters. The number of carbonyl (C=O) groups is 1. The molecule has 2 heterocycles. The lowest BCUT2D eigenvalue weighted by Crippen LogP contribution is -2.24. The second-order valence-electron chi connectivity index (χ2n) is 3.87. The van der Waals surface area contributed by atoms with Crippen LogP contribution >= 0.6 is 0 Å². The molecule has 0 fully saturated rings. The van der Waals surface area contributed by atoms with E-state index < -0.39 is 5.91 Å². The summed E-state index contributed by atoms with van der Waals surface area (Å²) in [6.07, 6.45) is 0. The van der Waals surface area contributed by atoms with Gasteiger partial charge in [0.25, 0.3) is 5.91 Å². The standard InChI is InChI=1S/C11H10N4O4/c12-10-9(14-19-15-10)11(16)13-4-6-1-2-7-8(3-6)18-5-17-7/h1-3H,4-5H2,(H2,12,15)(H,13,16). The van der Waals surface area contributed by atoms with Crippen LogP contribution in [0, 0.1) is 0 Å². The zero-order valence-corrected chi connectivity index (χ0v) is 9.75. The molecule has 8 heteroatoms. The number of nitrogen functional groups attached to an aromatic ring is 1. The molecule has 0 aliphatic carbocycles. The van der Waals surface area contributed by atoms with Crippen molar-refractivity contribution >= 4 is 11.7 Å². The molecule has 1 aliphatic rings. The quantitative estimate of drug-likeness (QED) is 0.818. The third-order valence-corrected chi connectivity index (χ3v) is 2.62. The number of nitrogens with two attached hydrogens (primary N) is 1. The first-order valence-corrected chi connectivity index (χ1v) is 5.49. The molecule has 0 saturated heterocycles. The van der Waals surface area contributed by atoms with E-state index in [4.69, 9.17) is 15.2 Å². The second-order valence-corrected chi connectivity index (χ2v) is 3.87. The largest absolute Gasteiger partial charge is 0.454 e. The van der Waals surface area contributed by atoms with Gasteiger partial charge in [0.2, 0.25) is 18.3 Å². The van der Waals surface area contributed by atoms with Gasteiger partial charge in [-0.1, -0.05) is 6.07 Å². The minimum absolute atomic E-state index is 0.0271. The van der Waals surface area contributed by atoms with Crippen molar-refractivity contribution in [2.24, 2.45) is 0 Å². The van der Waals surface area contributed by atoms with Crippen LogP contribution in [0.3, 0.4) is 0 Å². The average molecular weight is 262 g/mol. The number of aromatic nitrogens is 2. The summed E-state index contributed by atoms with van der Waals surface area (Å²) < 4.78 is 14.8. The monoisotopic (exact) mass is 262 g/mol. The molecule has 0 radical (unpaired) electrons. The van der Waals surface area contributed by atoms with Gasteiger partial charge in [-0.2, -0.15) is 0 Å². The smallest absolute Gasteiger partial charge is 0.277 e. The van der Waals surface area contributed by atoms with E-state index in [1.165, 1.54) is 0 Å². The van der Waals surface area contributed by atoms with Gasteiger partial charge in [-0.25, -0.2) is 4.63 Å². The Labute approximate surface area is 107 Å². The fourth-order valence-electron chi connectivity index (χ4n) is 1.67. The SMILES string of the molecule is Nc1nonc1C(=O)NCc1ccc2c(c1)OCO2. The van der Waals surface area contributed by atoms with Crippen molar-refractivity contribution in [2.45, 2.75) is 6.54 Å². The van der Waals surface area contributed by atoms with Crippen molar-refractivity contribution in [1.82, 2.24) is 15.6 Å². The number of ether oxygens (including phenoxy) is 2. The van der Waals surface area contributed by atoms with Gasteiger partial charge in [-0.05, 0) is 28.0 Å². The van der Waals surface area contributed by atoms with Gasteiger partial charge in [-0.15, -0.1) is 0 Å². The number of hydrogen-bond donors (Lipinski definition) is 2. The molecule has 0 unspecified atom stereocenters. The molecule has 0 spiro atoms. The summed E-state index contributed by atoms with van der Waals surface area (Å²) in [6.45, 7) is 0.522. The molecule has 3 N–H and O–H groups in total. The van der Waals surface area contributed by atoms with Gasteiger partial charge in [0.1, 0.15) is 0 Å². The molecule has 1 aromatic carbocycles. The van der Waals surface area contributed by atoms with Gasteiger partial charge in [0.15, 0.2) is 11.5 Å². The summed E-state index contributed by atoms with van der Waals surface area (Å²) in [5, 5.41) is 9.41. The summed E-state index contributed by atoms with van der Waals surface area (Å²) in [7, 11) is 0. The third kappa shape index (κ3) is 2.15. The van der Waals surface area contributed by atoms with Crippen molar-refractivity contribution in [3.63, 3.8) is 0 Å². The number of fused-ring (bicyclic) bond motifs is 1. The molecular weight excluding hydrogens is 252 g/mol. The Balaban J connectivity index is 1.66. The predicted octanol–water partition coefficient (Wildman–Crippen LogP) is 0.310. The first-order valence-electron chi connectivity index (χ1n) is 5.49.